The van der Waals surface area contributed by atoms with E-state index in [0.29, 0.717) is 23.1 Å². The van der Waals surface area contributed by atoms with Crippen molar-refractivity contribution in [2.45, 2.75) is 45.3 Å². The second-order valence-electron chi connectivity index (χ2n) is 7.73. The maximum Gasteiger partial charge on any atom is 0.330 e. The number of carbonyl (C=O) groups excluding carboxylic acids is 1. The van der Waals surface area contributed by atoms with E-state index in [2.05, 4.69) is 10.4 Å². The molecule has 2 unspecified atom stereocenters. The Hall–Kier alpha value is -2.74. The Bertz CT molecular complexity index is 997. The number of aliphatic carboxylic acids is 1. The van der Waals surface area contributed by atoms with Gasteiger partial charge in [-0.1, -0.05) is 32.0 Å². The number of carboxylic acid groups (broad SMARTS) is 1. The molecule has 150 valence electrons. The standard InChI is InChI=1S/C20H25N3O5/c1-5-28-15-11-20(18(26)27,19(15,2)3)21-16(24)10-14-12-8-6-7-9-13(12)17(25)23(4)22-14/h6-9,15H,5,10-11H2,1-4H3,(H,21,24)(H,26,27). The zero-order valence-electron chi connectivity index (χ0n) is 16.5. The van der Waals surface area contributed by atoms with Crippen molar-refractivity contribution < 1.29 is 19.4 Å². The summed E-state index contributed by atoms with van der Waals surface area (Å²) in [4.78, 5) is 37.0. The number of hydrogen-bond donors (Lipinski definition) is 2. The van der Waals surface area contributed by atoms with E-state index in [-0.39, 0.29) is 24.5 Å². The molecule has 0 saturated heterocycles. The highest BCUT2D eigenvalue weighted by Crippen LogP contribution is 2.51. The Kier molecular flexibility index (Phi) is 5.01. The molecule has 2 N–H and O–H groups in total. The van der Waals surface area contributed by atoms with Gasteiger partial charge in [0.25, 0.3) is 5.56 Å². The van der Waals surface area contributed by atoms with Gasteiger partial charge in [0, 0.05) is 30.9 Å². The maximum atomic E-state index is 12.8. The average Bonchev–Trinajstić information content (AvgIpc) is 2.64. The van der Waals surface area contributed by atoms with Crippen molar-refractivity contribution >= 4 is 22.6 Å². The smallest absolute Gasteiger partial charge is 0.330 e. The van der Waals surface area contributed by atoms with Gasteiger partial charge in [0.1, 0.15) is 5.54 Å². The first-order valence-electron chi connectivity index (χ1n) is 9.25. The molecule has 2 atom stereocenters. The molecule has 2 aromatic rings. The number of fused-ring (bicyclic) bond motifs is 1. The van der Waals surface area contributed by atoms with Crippen molar-refractivity contribution in [1.82, 2.24) is 15.1 Å². The summed E-state index contributed by atoms with van der Waals surface area (Å²) in [5, 5.41) is 17.8. The molecule has 1 fully saturated rings. The minimum absolute atomic E-state index is 0.126. The van der Waals surface area contributed by atoms with Gasteiger partial charge < -0.3 is 15.2 Å². The highest BCUT2D eigenvalue weighted by Gasteiger charge is 2.66. The van der Waals surface area contributed by atoms with E-state index in [1.165, 1.54) is 11.7 Å². The zero-order valence-corrected chi connectivity index (χ0v) is 16.5. The van der Waals surface area contributed by atoms with Crippen molar-refractivity contribution in [2.24, 2.45) is 12.5 Å². The van der Waals surface area contributed by atoms with E-state index in [9.17, 15) is 19.5 Å². The van der Waals surface area contributed by atoms with Crippen LogP contribution in [0.3, 0.4) is 0 Å². The molecule has 0 radical (unpaired) electrons. The fourth-order valence-electron chi connectivity index (χ4n) is 3.98. The molecule has 1 aliphatic carbocycles. The summed E-state index contributed by atoms with van der Waals surface area (Å²) in [6.07, 6.45) is -0.166. The van der Waals surface area contributed by atoms with Crippen LogP contribution < -0.4 is 10.9 Å². The molecular formula is C20H25N3O5. The molecule has 8 heteroatoms. The van der Waals surface area contributed by atoms with Gasteiger partial charge in [-0.2, -0.15) is 5.10 Å². The van der Waals surface area contributed by atoms with Crippen LogP contribution in [-0.2, 0) is 27.8 Å². The third-order valence-corrected chi connectivity index (χ3v) is 5.84. The van der Waals surface area contributed by atoms with Crippen molar-refractivity contribution in [1.29, 1.82) is 0 Å². The van der Waals surface area contributed by atoms with Crippen LogP contribution in [0.4, 0.5) is 0 Å². The number of rotatable bonds is 6. The second-order valence-corrected chi connectivity index (χ2v) is 7.73. The van der Waals surface area contributed by atoms with Crippen molar-refractivity contribution in [2.75, 3.05) is 6.61 Å². The van der Waals surface area contributed by atoms with Gasteiger partial charge in [-0.05, 0) is 13.0 Å². The summed E-state index contributed by atoms with van der Waals surface area (Å²) in [6, 6.07) is 6.93. The summed E-state index contributed by atoms with van der Waals surface area (Å²) in [6.45, 7) is 5.90. The molecule has 1 heterocycles. The number of ether oxygens (including phenoxy) is 1. The van der Waals surface area contributed by atoms with E-state index in [4.69, 9.17) is 4.74 Å². The minimum atomic E-state index is -1.40. The summed E-state index contributed by atoms with van der Waals surface area (Å²) >= 11 is 0. The van der Waals surface area contributed by atoms with Gasteiger partial charge in [-0.25, -0.2) is 9.48 Å². The topological polar surface area (TPSA) is 111 Å². The first-order valence-corrected chi connectivity index (χ1v) is 9.25. The van der Waals surface area contributed by atoms with Gasteiger partial charge >= 0.3 is 5.97 Å². The summed E-state index contributed by atoms with van der Waals surface area (Å²) in [7, 11) is 1.52. The number of aromatic nitrogens is 2. The second kappa shape index (κ2) is 7.01. The van der Waals surface area contributed by atoms with Crippen LogP contribution >= 0.6 is 0 Å². The Labute approximate surface area is 162 Å². The number of carbonyl (C=O) groups is 2. The fraction of sp³-hybridized carbons (Fsp3) is 0.500. The predicted octanol–water partition coefficient (Wildman–Crippen LogP) is 1.25. The van der Waals surface area contributed by atoms with Crippen LogP contribution in [0.2, 0.25) is 0 Å². The third-order valence-electron chi connectivity index (χ3n) is 5.84. The largest absolute Gasteiger partial charge is 0.479 e. The van der Waals surface area contributed by atoms with E-state index in [1.807, 2.05) is 6.92 Å². The molecule has 1 aromatic heterocycles. The molecule has 0 aliphatic heterocycles. The number of aryl methyl sites for hydroxylation is 1. The van der Waals surface area contributed by atoms with Gasteiger partial charge in [0.2, 0.25) is 5.91 Å². The molecule has 3 rings (SSSR count). The van der Waals surface area contributed by atoms with E-state index < -0.39 is 22.8 Å². The van der Waals surface area contributed by atoms with Crippen LogP contribution in [-0.4, -0.2) is 45.0 Å². The Balaban J connectivity index is 1.88. The number of nitrogens with zero attached hydrogens (tertiary/aromatic N) is 2. The van der Waals surface area contributed by atoms with Crippen LogP contribution in [0.25, 0.3) is 10.8 Å². The van der Waals surface area contributed by atoms with Gasteiger partial charge in [-0.3, -0.25) is 9.59 Å². The number of amides is 1. The Morgan fingerprint density at radius 3 is 2.54 bits per heavy atom. The van der Waals surface area contributed by atoms with Crippen molar-refractivity contribution in [3.63, 3.8) is 0 Å². The Morgan fingerprint density at radius 2 is 1.96 bits per heavy atom. The predicted molar refractivity (Wildman–Crippen MR) is 103 cm³/mol. The normalized spacial score (nSPS) is 23.2. The lowest BCUT2D eigenvalue weighted by Gasteiger charge is -2.58. The molecule has 0 spiro atoms. The third kappa shape index (κ3) is 2.97. The number of carboxylic acids is 1. The quantitative estimate of drug-likeness (QED) is 0.772. The van der Waals surface area contributed by atoms with Gasteiger partial charge in [0.05, 0.1) is 23.6 Å². The maximum absolute atomic E-state index is 12.8. The monoisotopic (exact) mass is 387 g/mol. The lowest BCUT2D eigenvalue weighted by atomic mass is 9.54. The van der Waals surface area contributed by atoms with Gasteiger partial charge in [0.15, 0.2) is 0 Å². The van der Waals surface area contributed by atoms with Gasteiger partial charge in [-0.15, -0.1) is 0 Å². The van der Waals surface area contributed by atoms with Crippen molar-refractivity contribution in [3.05, 3.63) is 40.3 Å². The molecule has 1 aromatic carbocycles. The Morgan fingerprint density at radius 1 is 1.32 bits per heavy atom. The van der Waals surface area contributed by atoms with Crippen LogP contribution in [0.1, 0.15) is 32.9 Å². The molecule has 28 heavy (non-hydrogen) atoms. The van der Waals surface area contributed by atoms with E-state index >= 15 is 0 Å². The summed E-state index contributed by atoms with van der Waals surface area (Å²) in [5.74, 6) is -1.54. The number of hydrogen-bond acceptors (Lipinski definition) is 5. The fourth-order valence-corrected chi connectivity index (χ4v) is 3.98. The van der Waals surface area contributed by atoms with Crippen LogP contribution in [0.15, 0.2) is 29.1 Å². The SMILES string of the molecule is CCOC1CC(NC(=O)Cc2nn(C)c(=O)c3ccccc23)(C(=O)O)C1(C)C. The molecule has 0 bridgehead atoms. The first-order chi connectivity index (χ1) is 13.1. The van der Waals surface area contributed by atoms with E-state index in [0.717, 1.165) is 0 Å². The minimum Gasteiger partial charge on any atom is -0.479 e. The highest BCUT2D eigenvalue weighted by atomic mass is 16.5. The molecular weight excluding hydrogens is 362 g/mol. The molecule has 8 nitrogen and oxygen atoms in total. The lowest BCUT2D eigenvalue weighted by molar-refractivity contribution is -0.194. The number of nitrogens with one attached hydrogen (secondary N) is 1. The van der Waals surface area contributed by atoms with Crippen LogP contribution in [0.5, 0.6) is 0 Å². The molecule has 1 amide bonds. The average molecular weight is 387 g/mol. The number of benzene rings is 1. The highest BCUT2D eigenvalue weighted by molar-refractivity contribution is 5.92. The molecule has 1 aliphatic rings. The summed E-state index contributed by atoms with van der Waals surface area (Å²) < 4.78 is 6.81. The van der Waals surface area contributed by atoms with Crippen molar-refractivity contribution in [3.8, 4) is 0 Å². The van der Waals surface area contributed by atoms with E-state index in [1.54, 1.807) is 38.1 Å². The lowest BCUT2D eigenvalue weighted by Crippen LogP contribution is -2.76. The first kappa shape index (κ1) is 20.0. The zero-order chi connectivity index (χ0) is 20.7. The molecule has 1 saturated carbocycles. The summed E-state index contributed by atoms with van der Waals surface area (Å²) in [5.41, 5.74) is -1.99. The van der Waals surface area contributed by atoms with Crippen LogP contribution in [0, 0.1) is 5.41 Å².